The zero-order valence-electron chi connectivity index (χ0n) is 19.6. The van der Waals surface area contributed by atoms with E-state index in [1.54, 1.807) is 34.0 Å². The summed E-state index contributed by atoms with van der Waals surface area (Å²) >= 11 is 8.52. The summed E-state index contributed by atoms with van der Waals surface area (Å²) in [6, 6.07) is 13.2. The van der Waals surface area contributed by atoms with Crippen LogP contribution < -0.4 is 0 Å². The van der Waals surface area contributed by atoms with E-state index >= 15 is 0 Å². The van der Waals surface area contributed by atoms with Crippen LogP contribution in [0.25, 0.3) is 52.0 Å². The predicted molar refractivity (Wildman–Crippen MR) is 158 cm³/mol. The average molecular weight is 552 g/mol. The van der Waals surface area contributed by atoms with E-state index in [0.29, 0.717) is 0 Å². The second kappa shape index (κ2) is 10.2. The molecule has 0 N–H and O–H groups in total. The largest absolute Gasteiger partial charge is 0.234 e. The number of thiazole rings is 1. The first-order chi connectivity index (χ1) is 17.3. The quantitative estimate of drug-likeness (QED) is 0.179. The van der Waals surface area contributed by atoms with Crippen molar-refractivity contribution in [1.82, 2.24) is 13.7 Å². The van der Waals surface area contributed by atoms with Crippen LogP contribution in [0.5, 0.6) is 0 Å². The third-order valence-electron chi connectivity index (χ3n) is 6.49. The number of unbranched alkanes of at least 4 members (excludes halogenated alkanes) is 1. The molecule has 0 radical (unpaired) electrons. The number of aromatic nitrogens is 3. The zero-order valence-corrected chi connectivity index (χ0v) is 23.7. The lowest BCUT2D eigenvalue weighted by atomic mass is 9.95. The molecule has 5 heterocycles. The van der Waals surface area contributed by atoms with Crippen molar-refractivity contribution in [2.75, 3.05) is 0 Å². The Labute approximate surface area is 225 Å². The average Bonchev–Trinajstić information content (AvgIpc) is 3.69. The van der Waals surface area contributed by atoms with Crippen molar-refractivity contribution in [3.63, 3.8) is 0 Å². The van der Waals surface area contributed by atoms with Gasteiger partial charge in [0, 0.05) is 25.8 Å². The van der Waals surface area contributed by atoms with Gasteiger partial charge in [0.25, 0.3) is 0 Å². The smallest absolute Gasteiger partial charge is 0.134 e. The van der Waals surface area contributed by atoms with Crippen LogP contribution in [-0.2, 0) is 6.42 Å². The van der Waals surface area contributed by atoms with Crippen molar-refractivity contribution >= 4 is 78.3 Å². The van der Waals surface area contributed by atoms with E-state index in [2.05, 4.69) is 61.0 Å². The first-order valence-electron chi connectivity index (χ1n) is 12.0. The molecule has 35 heavy (non-hydrogen) atoms. The van der Waals surface area contributed by atoms with E-state index in [-0.39, 0.29) is 0 Å². The number of rotatable bonds is 9. The van der Waals surface area contributed by atoms with Gasteiger partial charge in [-0.3, -0.25) is 0 Å². The molecule has 6 rings (SSSR count). The van der Waals surface area contributed by atoms with Gasteiger partial charge in [0.1, 0.15) is 16.0 Å². The molecule has 1 unspecified atom stereocenters. The summed E-state index contributed by atoms with van der Waals surface area (Å²) in [5.74, 6) is 0.774. The molecule has 0 spiro atoms. The lowest BCUT2D eigenvalue weighted by Crippen LogP contribution is -2.01. The number of benzene rings is 1. The minimum absolute atomic E-state index is 0.774. The van der Waals surface area contributed by atoms with Crippen molar-refractivity contribution in [2.24, 2.45) is 5.92 Å². The molecule has 0 aliphatic rings. The molecule has 0 aliphatic heterocycles. The van der Waals surface area contributed by atoms with Crippen LogP contribution in [-0.4, -0.2) is 13.7 Å². The van der Waals surface area contributed by atoms with Gasteiger partial charge in [0.05, 0.1) is 26.8 Å². The fourth-order valence-corrected chi connectivity index (χ4v) is 9.12. The summed E-state index contributed by atoms with van der Waals surface area (Å²) in [6.45, 7) is 4.61. The molecule has 0 amide bonds. The molecular formula is C27H25N3S5. The maximum Gasteiger partial charge on any atom is 0.134 e. The van der Waals surface area contributed by atoms with Crippen LogP contribution in [0.3, 0.4) is 0 Å². The fraction of sp³-hybridized carbons (Fsp3) is 0.296. The number of hydrogen-bond donors (Lipinski definition) is 0. The number of hydrogen-bond acceptors (Lipinski definition) is 8. The monoisotopic (exact) mass is 551 g/mol. The van der Waals surface area contributed by atoms with Gasteiger partial charge in [-0.15, -0.1) is 45.3 Å². The molecule has 3 nitrogen and oxygen atoms in total. The molecule has 1 aromatic carbocycles. The van der Waals surface area contributed by atoms with Crippen LogP contribution in [0.4, 0.5) is 0 Å². The van der Waals surface area contributed by atoms with Crippen molar-refractivity contribution in [2.45, 2.75) is 46.0 Å². The van der Waals surface area contributed by atoms with Crippen LogP contribution in [0, 0.1) is 5.92 Å². The second-order valence-electron chi connectivity index (χ2n) is 8.75. The highest BCUT2D eigenvalue weighted by Crippen LogP contribution is 2.48. The third kappa shape index (κ3) is 4.40. The normalized spacial score (nSPS) is 12.7. The summed E-state index contributed by atoms with van der Waals surface area (Å²) in [7, 11) is 0. The second-order valence-corrected chi connectivity index (χ2v) is 13.3. The highest BCUT2D eigenvalue weighted by molar-refractivity contribution is 7.26. The van der Waals surface area contributed by atoms with Gasteiger partial charge in [0.15, 0.2) is 0 Å². The molecule has 6 aromatic rings. The minimum Gasteiger partial charge on any atom is -0.234 e. The first-order valence-corrected chi connectivity index (χ1v) is 16.1. The van der Waals surface area contributed by atoms with E-state index in [4.69, 9.17) is 13.7 Å². The maximum absolute atomic E-state index is 5.28. The van der Waals surface area contributed by atoms with Crippen LogP contribution >= 0.6 is 57.1 Å². The van der Waals surface area contributed by atoms with Gasteiger partial charge in [-0.2, -0.15) is 8.75 Å². The van der Waals surface area contributed by atoms with Crippen LogP contribution in [0.15, 0.2) is 47.2 Å². The Balaban J connectivity index is 1.49. The zero-order chi connectivity index (χ0) is 23.8. The van der Waals surface area contributed by atoms with Gasteiger partial charge < -0.3 is 0 Å². The number of fused-ring (bicyclic) bond motifs is 2. The van der Waals surface area contributed by atoms with E-state index < -0.39 is 0 Å². The highest BCUT2D eigenvalue weighted by Gasteiger charge is 2.25. The fourth-order valence-electron chi connectivity index (χ4n) is 4.63. The standard InChI is InChI=1S/C27H25N3S5/c1-3-5-8-16(4-2)15-17-11-12-20(33-17)27-28-25-21(18-9-6-13-31-18)23-24(30-35-29-23)22(26(25)34-27)19-10-7-14-32-19/h6-7,9-14,16H,3-5,8,15H2,1-2H3. The molecule has 0 bridgehead atoms. The van der Waals surface area contributed by atoms with Crippen molar-refractivity contribution in [3.8, 4) is 30.8 Å². The van der Waals surface area contributed by atoms with E-state index in [1.165, 1.54) is 73.6 Å². The summed E-state index contributed by atoms with van der Waals surface area (Å²) in [5, 5.41) is 5.36. The minimum atomic E-state index is 0.774. The van der Waals surface area contributed by atoms with Crippen molar-refractivity contribution in [3.05, 3.63) is 52.0 Å². The lowest BCUT2D eigenvalue weighted by Gasteiger charge is -2.12. The molecule has 0 aliphatic carbocycles. The van der Waals surface area contributed by atoms with Crippen molar-refractivity contribution in [1.29, 1.82) is 0 Å². The summed E-state index contributed by atoms with van der Waals surface area (Å²) in [5.41, 5.74) is 5.34. The molecule has 178 valence electrons. The Morgan fingerprint density at radius 3 is 2.23 bits per heavy atom. The Kier molecular flexibility index (Phi) is 6.82. The topological polar surface area (TPSA) is 38.7 Å². The first kappa shape index (κ1) is 23.4. The highest BCUT2D eigenvalue weighted by atomic mass is 32.1. The van der Waals surface area contributed by atoms with Gasteiger partial charge in [-0.25, -0.2) is 4.98 Å². The predicted octanol–water partition coefficient (Wildman–Crippen LogP) is 10.2. The molecule has 1 atom stereocenters. The van der Waals surface area contributed by atoms with Gasteiger partial charge in [-0.1, -0.05) is 51.7 Å². The molecule has 0 saturated heterocycles. The van der Waals surface area contributed by atoms with Crippen LogP contribution in [0.2, 0.25) is 0 Å². The third-order valence-corrected chi connectivity index (χ3v) is 11.1. The molecule has 5 aromatic heterocycles. The lowest BCUT2D eigenvalue weighted by molar-refractivity contribution is 0.452. The van der Waals surface area contributed by atoms with Crippen LogP contribution in [0.1, 0.15) is 44.4 Å². The summed E-state index contributed by atoms with van der Waals surface area (Å²) < 4.78 is 10.7. The summed E-state index contributed by atoms with van der Waals surface area (Å²) in [6.07, 6.45) is 6.35. The SMILES string of the molecule is CCCCC(CC)Cc1ccc(-c2nc3c(-c4cccs4)c4nsnc4c(-c4cccs4)c3s2)s1. The summed E-state index contributed by atoms with van der Waals surface area (Å²) in [4.78, 5) is 10.5. The number of nitrogens with zero attached hydrogens (tertiary/aromatic N) is 3. The number of thiophene rings is 3. The van der Waals surface area contributed by atoms with Gasteiger partial charge >= 0.3 is 0 Å². The van der Waals surface area contributed by atoms with E-state index in [9.17, 15) is 0 Å². The molecule has 0 fully saturated rings. The molecule has 8 heteroatoms. The molecular weight excluding hydrogens is 527 g/mol. The Morgan fingerprint density at radius 2 is 1.54 bits per heavy atom. The van der Waals surface area contributed by atoms with E-state index in [0.717, 1.165) is 33.0 Å². The van der Waals surface area contributed by atoms with E-state index in [1.807, 2.05) is 11.3 Å². The Bertz CT molecular complexity index is 1470. The Morgan fingerprint density at radius 1 is 0.800 bits per heavy atom. The maximum atomic E-state index is 5.28. The van der Waals surface area contributed by atoms with Gasteiger partial charge in [-0.05, 0) is 47.4 Å². The molecule has 0 saturated carbocycles. The Hall–Kier alpha value is -1.97. The van der Waals surface area contributed by atoms with Gasteiger partial charge in [0.2, 0.25) is 0 Å². The van der Waals surface area contributed by atoms with Crippen molar-refractivity contribution < 1.29 is 0 Å².